The topological polar surface area (TPSA) is 156 Å². The van der Waals surface area contributed by atoms with Gasteiger partial charge in [-0.15, -0.1) is 11.3 Å². The molecule has 1 saturated heterocycles. The van der Waals surface area contributed by atoms with Crippen LogP contribution in [0.1, 0.15) is 54.4 Å². The Kier molecular flexibility index (Phi) is 12.4. The van der Waals surface area contributed by atoms with E-state index in [9.17, 15) is 24.3 Å². The Morgan fingerprint density at radius 1 is 0.962 bits per heavy atom. The third kappa shape index (κ3) is 9.81. The Balaban J connectivity index is 1.12. The van der Waals surface area contributed by atoms with Gasteiger partial charge in [0.05, 0.1) is 41.5 Å². The molecular formula is C39H44N4O8S. The molecule has 1 aliphatic rings. The minimum absolute atomic E-state index is 0.0166. The molecule has 0 radical (unpaired) electrons. The number of ether oxygens (including phenoxy) is 3. The number of benzene rings is 3. The number of aromatic nitrogens is 1. The molecule has 0 unspecified atom stereocenters. The van der Waals surface area contributed by atoms with Gasteiger partial charge in [0, 0.05) is 19.5 Å². The number of amides is 3. The minimum atomic E-state index is -0.968. The van der Waals surface area contributed by atoms with E-state index in [4.69, 9.17) is 14.2 Å². The van der Waals surface area contributed by atoms with Gasteiger partial charge in [0.1, 0.15) is 30.2 Å². The number of β-amino-alcohol motifs (C(OH)–C–C–N with tert-alkyl or cyclic N) is 1. The number of rotatable bonds is 13. The van der Waals surface area contributed by atoms with Crippen LogP contribution >= 0.6 is 11.3 Å². The summed E-state index contributed by atoms with van der Waals surface area (Å²) in [4.78, 5) is 58.7. The molecule has 3 amide bonds. The maximum Gasteiger partial charge on any atom is 0.337 e. The molecule has 13 heteroatoms. The molecule has 274 valence electrons. The van der Waals surface area contributed by atoms with Crippen LogP contribution in [0.5, 0.6) is 11.5 Å². The van der Waals surface area contributed by atoms with Crippen molar-refractivity contribution in [3.63, 3.8) is 0 Å². The Labute approximate surface area is 307 Å². The van der Waals surface area contributed by atoms with Crippen LogP contribution < -0.4 is 15.4 Å². The molecule has 2 heterocycles. The second-order valence-electron chi connectivity index (χ2n) is 13.7. The number of carbonyl (C=O) groups excluding carboxylic acids is 4. The predicted molar refractivity (Wildman–Crippen MR) is 196 cm³/mol. The zero-order valence-corrected chi connectivity index (χ0v) is 30.7. The minimum Gasteiger partial charge on any atom is -0.465 e. The summed E-state index contributed by atoms with van der Waals surface area (Å²) in [6.07, 6.45) is -0.772. The molecule has 0 bridgehead atoms. The fourth-order valence-corrected chi connectivity index (χ4v) is 6.62. The fourth-order valence-electron chi connectivity index (χ4n) is 5.81. The number of thiazole rings is 1. The second kappa shape index (κ2) is 16.9. The highest BCUT2D eigenvalue weighted by Gasteiger charge is 2.44. The smallest absolute Gasteiger partial charge is 0.337 e. The molecule has 3 atom stereocenters. The lowest BCUT2D eigenvalue weighted by Gasteiger charge is -2.35. The number of nitrogens with zero attached hydrogens (tertiary/aromatic N) is 2. The van der Waals surface area contributed by atoms with Gasteiger partial charge in [0.2, 0.25) is 17.7 Å². The van der Waals surface area contributed by atoms with E-state index in [2.05, 4.69) is 15.6 Å². The van der Waals surface area contributed by atoms with Gasteiger partial charge < -0.3 is 34.9 Å². The lowest BCUT2D eigenvalue weighted by atomic mass is 9.85. The average molecular weight is 729 g/mol. The van der Waals surface area contributed by atoms with E-state index >= 15 is 0 Å². The first-order chi connectivity index (χ1) is 24.8. The molecule has 1 aromatic heterocycles. The van der Waals surface area contributed by atoms with Crippen LogP contribution in [-0.2, 0) is 37.0 Å². The lowest BCUT2D eigenvalue weighted by Crippen LogP contribution is -2.58. The van der Waals surface area contributed by atoms with Crippen molar-refractivity contribution in [2.24, 2.45) is 5.41 Å². The van der Waals surface area contributed by atoms with Crippen molar-refractivity contribution in [2.45, 2.75) is 65.5 Å². The van der Waals surface area contributed by atoms with Crippen LogP contribution in [0, 0.1) is 12.3 Å². The van der Waals surface area contributed by atoms with Gasteiger partial charge in [-0.3, -0.25) is 14.4 Å². The van der Waals surface area contributed by atoms with Gasteiger partial charge in [-0.1, -0.05) is 57.2 Å². The van der Waals surface area contributed by atoms with Crippen molar-refractivity contribution in [1.82, 2.24) is 20.5 Å². The standard InChI is InChI=1S/C39H44N4O8S/c1-24-34(52-23-41-24)27-10-6-25(7-11-27)19-40-36(46)32-18-29(44)20-43(32)37(47)35(39(2,3)4)42-33(45)22-50-21-26-8-14-30(15-9-26)51-31-16-12-28(13-17-31)38(48)49-5/h6-17,23,29,32,35,44H,18-22H2,1-5H3,(H,40,46)(H,42,45)/t29-,32+,35-/m1/s1. The number of likely N-dealkylation sites (tertiary alicyclic amines) is 1. The summed E-state index contributed by atoms with van der Waals surface area (Å²) >= 11 is 1.57. The van der Waals surface area contributed by atoms with Gasteiger partial charge in [-0.2, -0.15) is 0 Å². The normalized spacial score (nSPS) is 16.2. The third-order valence-corrected chi connectivity index (χ3v) is 9.63. The van der Waals surface area contributed by atoms with Gasteiger partial charge in [0.15, 0.2) is 0 Å². The van der Waals surface area contributed by atoms with Crippen molar-refractivity contribution in [3.8, 4) is 21.9 Å². The number of nitrogens with one attached hydrogen (secondary N) is 2. The highest BCUT2D eigenvalue weighted by Crippen LogP contribution is 2.29. The first-order valence-corrected chi connectivity index (χ1v) is 17.8. The van der Waals surface area contributed by atoms with Gasteiger partial charge in [-0.25, -0.2) is 9.78 Å². The van der Waals surface area contributed by atoms with Crippen LogP contribution in [0.15, 0.2) is 78.3 Å². The maximum atomic E-state index is 13.9. The van der Waals surface area contributed by atoms with Crippen LogP contribution in [-0.4, -0.2) is 77.1 Å². The van der Waals surface area contributed by atoms with E-state index < -0.39 is 41.4 Å². The predicted octanol–water partition coefficient (Wildman–Crippen LogP) is 5.02. The zero-order valence-electron chi connectivity index (χ0n) is 29.9. The summed E-state index contributed by atoms with van der Waals surface area (Å²) in [6.45, 7) is 7.53. The molecule has 4 aromatic rings. The number of methoxy groups -OCH3 is 1. The molecule has 1 aliphatic heterocycles. The van der Waals surface area contributed by atoms with Crippen molar-refractivity contribution in [1.29, 1.82) is 0 Å². The number of carbonyl (C=O) groups is 4. The van der Waals surface area contributed by atoms with Crippen molar-refractivity contribution < 1.29 is 38.5 Å². The molecule has 5 rings (SSSR count). The molecule has 0 aliphatic carbocycles. The molecule has 1 fully saturated rings. The van der Waals surface area contributed by atoms with Gasteiger partial charge in [-0.05, 0) is 65.4 Å². The molecule has 3 aromatic carbocycles. The zero-order chi connectivity index (χ0) is 37.4. The van der Waals surface area contributed by atoms with Gasteiger partial charge >= 0.3 is 5.97 Å². The summed E-state index contributed by atoms with van der Waals surface area (Å²) < 4.78 is 16.2. The van der Waals surface area contributed by atoms with E-state index in [0.29, 0.717) is 17.1 Å². The van der Waals surface area contributed by atoms with E-state index in [1.54, 1.807) is 59.9 Å². The summed E-state index contributed by atoms with van der Waals surface area (Å²) in [7, 11) is 1.32. The van der Waals surface area contributed by atoms with E-state index in [-0.39, 0.29) is 38.6 Å². The summed E-state index contributed by atoms with van der Waals surface area (Å²) in [6, 6.07) is 19.7. The molecule has 52 heavy (non-hydrogen) atoms. The monoisotopic (exact) mass is 728 g/mol. The van der Waals surface area contributed by atoms with Crippen molar-refractivity contribution in [3.05, 3.63) is 101 Å². The summed E-state index contributed by atoms with van der Waals surface area (Å²) in [5.41, 5.74) is 5.24. The Morgan fingerprint density at radius 3 is 2.19 bits per heavy atom. The molecule has 12 nitrogen and oxygen atoms in total. The van der Waals surface area contributed by atoms with E-state index in [0.717, 1.165) is 27.3 Å². The summed E-state index contributed by atoms with van der Waals surface area (Å²) in [5, 5.41) is 16.2. The second-order valence-corrected chi connectivity index (χ2v) is 14.6. The number of hydrogen-bond acceptors (Lipinski definition) is 10. The number of aryl methyl sites for hydroxylation is 1. The average Bonchev–Trinajstić information content (AvgIpc) is 3.75. The molecule has 3 N–H and O–H groups in total. The largest absolute Gasteiger partial charge is 0.465 e. The molecular weight excluding hydrogens is 685 g/mol. The van der Waals surface area contributed by atoms with Crippen LogP contribution in [0.4, 0.5) is 0 Å². The number of hydrogen-bond donors (Lipinski definition) is 3. The highest BCUT2D eigenvalue weighted by atomic mass is 32.1. The van der Waals surface area contributed by atoms with Crippen molar-refractivity contribution >= 4 is 35.0 Å². The molecule has 0 spiro atoms. The van der Waals surface area contributed by atoms with E-state index in [1.807, 2.05) is 57.5 Å². The summed E-state index contributed by atoms with van der Waals surface area (Å²) in [5.74, 6) is -0.603. The van der Waals surface area contributed by atoms with Crippen molar-refractivity contribution in [2.75, 3.05) is 20.3 Å². The Hall–Kier alpha value is -5.11. The van der Waals surface area contributed by atoms with Crippen LogP contribution in [0.3, 0.4) is 0 Å². The SMILES string of the molecule is COC(=O)c1ccc(Oc2ccc(COCC(=O)N[C@H](C(=O)N3C[C@H](O)C[C@H]3C(=O)NCc3ccc(-c4scnc4C)cc3)C(C)(C)C)cc2)cc1. The first kappa shape index (κ1) is 38.1. The first-order valence-electron chi connectivity index (χ1n) is 16.9. The number of esters is 1. The fraction of sp³-hybridized carbons (Fsp3) is 0.359. The third-order valence-electron chi connectivity index (χ3n) is 8.65. The Morgan fingerprint density at radius 2 is 1.60 bits per heavy atom. The van der Waals surface area contributed by atoms with Crippen LogP contribution in [0.2, 0.25) is 0 Å². The quantitative estimate of drug-likeness (QED) is 0.161. The van der Waals surface area contributed by atoms with Gasteiger partial charge in [0.25, 0.3) is 0 Å². The number of aliphatic hydroxyl groups excluding tert-OH is 1. The van der Waals surface area contributed by atoms with Crippen LogP contribution in [0.25, 0.3) is 10.4 Å². The lowest BCUT2D eigenvalue weighted by molar-refractivity contribution is -0.144. The maximum absolute atomic E-state index is 13.9. The number of aliphatic hydroxyl groups is 1. The highest BCUT2D eigenvalue weighted by molar-refractivity contribution is 7.13. The van der Waals surface area contributed by atoms with E-state index in [1.165, 1.54) is 12.0 Å². The molecule has 0 saturated carbocycles. The Bertz CT molecular complexity index is 1850.